The summed E-state index contributed by atoms with van der Waals surface area (Å²) in [7, 11) is -3.42. The summed E-state index contributed by atoms with van der Waals surface area (Å²) in [5, 5.41) is 23.9. The van der Waals surface area contributed by atoms with Gasteiger partial charge in [-0.25, -0.2) is 13.1 Å². The smallest absolute Gasteiger partial charge is 0.229 e. The van der Waals surface area contributed by atoms with E-state index in [4.69, 9.17) is 9.26 Å². The van der Waals surface area contributed by atoms with Gasteiger partial charge in [0.2, 0.25) is 21.7 Å². The first kappa shape index (κ1) is 17.9. The lowest BCUT2D eigenvalue weighted by molar-refractivity contribution is 0.00790. The lowest BCUT2D eigenvalue weighted by Gasteiger charge is -2.14. The van der Waals surface area contributed by atoms with Crippen LogP contribution in [0.3, 0.4) is 0 Å². The zero-order valence-electron chi connectivity index (χ0n) is 13.3. The molecule has 4 atom stereocenters. The maximum atomic E-state index is 11.1. The number of aliphatic hydroxyl groups is 2. The van der Waals surface area contributed by atoms with Crippen molar-refractivity contribution in [3.8, 4) is 11.4 Å². The normalized spacial score (nSPS) is 26.8. The van der Waals surface area contributed by atoms with Gasteiger partial charge < -0.3 is 19.5 Å². The van der Waals surface area contributed by atoms with Gasteiger partial charge in [0.05, 0.1) is 18.8 Å². The molecule has 1 fully saturated rings. The number of hydrogen-bond acceptors (Lipinski definition) is 9. The summed E-state index contributed by atoms with van der Waals surface area (Å²) in [4.78, 5) is 8.13. The van der Waals surface area contributed by atoms with E-state index in [-0.39, 0.29) is 18.9 Å². The molecule has 3 N–H and O–H groups in total. The number of ether oxygens (including phenoxy) is 1. The van der Waals surface area contributed by atoms with Crippen molar-refractivity contribution in [2.24, 2.45) is 0 Å². The standard InChI is InChI=1S/C14H18N4O6S/c1-25(21,22)16-7-10-13(20)12(19)9(23-10)6-11-17-14(18-24-11)8-2-4-15-5-3-8/h2-5,9-10,12-13,16,19-20H,6-7H2,1H3/t9-,10-,12-,13+/m0/s1. The lowest BCUT2D eigenvalue weighted by atomic mass is 10.1. The van der Waals surface area contributed by atoms with Crippen LogP contribution in [0.4, 0.5) is 0 Å². The van der Waals surface area contributed by atoms with Crippen LogP contribution < -0.4 is 4.72 Å². The van der Waals surface area contributed by atoms with Crippen LogP contribution in [0, 0.1) is 0 Å². The number of aromatic nitrogens is 3. The van der Waals surface area contributed by atoms with Crippen LogP contribution in [-0.2, 0) is 21.2 Å². The maximum absolute atomic E-state index is 11.1. The first-order chi connectivity index (χ1) is 11.8. The molecule has 0 spiro atoms. The molecule has 1 aliphatic rings. The number of aliphatic hydroxyl groups excluding tert-OH is 2. The van der Waals surface area contributed by atoms with Gasteiger partial charge in [-0.2, -0.15) is 4.98 Å². The average Bonchev–Trinajstić information content (AvgIpc) is 3.14. The molecule has 0 aromatic carbocycles. The number of nitrogens with zero attached hydrogens (tertiary/aromatic N) is 3. The Labute approximate surface area is 143 Å². The van der Waals surface area contributed by atoms with E-state index < -0.39 is 34.4 Å². The first-order valence-electron chi connectivity index (χ1n) is 7.53. The molecular weight excluding hydrogens is 352 g/mol. The summed E-state index contributed by atoms with van der Waals surface area (Å²) in [6.45, 7) is -0.139. The molecule has 25 heavy (non-hydrogen) atoms. The molecule has 11 heteroatoms. The second-order valence-corrected chi connectivity index (χ2v) is 7.60. The number of rotatable bonds is 6. The Morgan fingerprint density at radius 1 is 1.20 bits per heavy atom. The van der Waals surface area contributed by atoms with Crippen molar-refractivity contribution in [1.29, 1.82) is 0 Å². The highest BCUT2D eigenvalue weighted by molar-refractivity contribution is 7.88. The van der Waals surface area contributed by atoms with Crippen molar-refractivity contribution >= 4 is 10.0 Å². The first-order valence-corrected chi connectivity index (χ1v) is 9.42. The van der Waals surface area contributed by atoms with Crippen LogP contribution >= 0.6 is 0 Å². The monoisotopic (exact) mass is 370 g/mol. The summed E-state index contributed by atoms with van der Waals surface area (Å²) < 4.78 is 35.2. The van der Waals surface area contributed by atoms with E-state index in [1.807, 2.05) is 0 Å². The molecule has 2 aromatic rings. The van der Waals surface area contributed by atoms with Crippen molar-refractivity contribution in [3.05, 3.63) is 30.4 Å². The zero-order valence-corrected chi connectivity index (χ0v) is 14.1. The molecule has 2 aromatic heterocycles. The van der Waals surface area contributed by atoms with E-state index in [9.17, 15) is 18.6 Å². The predicted molar refractivity (Wildman–Crippen MR) is 84.8 cm³/mol. The van der Waals surface area contributed by atoms with Gasteiger partial charge in [-0.05, 0) is 12.1 Å². The minimum absolute atomic E-state index is 0.0890. The zero-order chi connectivity index (χ0) is 18.0. The van der Waals surface area contributed by atoms with Crippen molar-refractivity contribution < 1.29 is 27.9 Å². The third-order valence-electron chi connectivity index (χ3n) is 3.79. The number of hydrogen-bond donors (Lipinski definition) is 3. The molecule has 10 nitrogen and oxygen atoms in total. The fourth-order valence-electron chi connectivity index (χ4n) is 2.52. The molecule has 0 aliphatic carbocycles. The summed E-state index contributed by atoms with van der Waals surface area (Å²) in [6.07, 6.45) is 0.233. The van der Waals surface area contributed by atoms with Gasteiger partial charge in [-0.1, -0.05) is 5.16 Å². The number of pyridine rings is 1. The van der Waals surface area contributed by atoms with E-state index in [0.29, 0.717) is 5.82 Å². The second kappa shape index (κ2) is 7.14. The van der Waals surface area contributed by atoms with Crippen LogP contribution in [0.15, 0.2) is 29.0 Å². The van der Waals surface area contributed by atoms with Crippen LogP contribution in [0.2, 0.25) is 0 Å². The molecule has 0 saturated carbocycles. The van der Waals surface area contributed by atoms with E-state index in [1.165, 1.54) is 0 Å². The van der Waals surface area contributed by atoms with Crippen LogP contribution in [0.5, 0.6) is 0 Å². The van der Waals surface area contributed by atoms with Crippen LogP contribution in [-0.4, -0.2) is 71.0 Å². The SMILES string of the molecule is CS(=O)(=O)NC[C@@H]1O[C@@H](Cc2nc(-c3ccncc3)no2)[C@H](O)[C@@H]1O. The largest absolute Gasteiger partial charge is 0.388 e. The van der Waals surface area contributed by atoms with Crippen molar-refractivity contribution in [2.45, 2.75) is 30.8 Å². The molecular formula is C14H18N4O6S. The molecule has 3 heterocycles. The van der Waals surface area contributed by atoms with Gasteiger partial charge >= 0.3 is 0 Å². The van der Waals surface area contributed by atoms with Crippen molar-refractivity contribution in [2.75, 3.05) is 12.8 Å². The Morgan fingerprint density at radius 2 is 1.88 bits per heavy atom. The molecule has 1 saturated heterocycles. The van der Waals surface area contributed by atoms with Crippen LogP contribution in [0.1, 0.15) is 5.89 Å². The Hall–Kier alpha value is -1.92. The van der Waals surface area contributed by atoms with Gasteiger partial charge in [0.25, 0.3) is 0 Å². The average molecular weight is 370 g/mol. The summed E-state index contributed by atoms with van der Waals surface area (Å²) in [6, 6.07) is 3.46. The minimum atomic E-state index is -3.42. The molecule has 1 aliphatic heterocycles. The van der Waals surface area contributed by atoms with Gasteiger partial charge in [0.15, 0.2) is 0 Å². The van der Waals surface area contributed by atoms with E-state index in [1.54, 1.807) is 24.5 Å². The Kier molecular flexibility index (Phi) is 5.11. The van der Waals surface area contributed by atoms with Crippen LogP contribution in [0.25, 0.3) is 11.4 Å². The predicted octanol–water partition coefficient (Wildman–Crippen LogP) is -1.29. The molecule has 0 bridgehead atoms. The topological polar surface area (TPSA) is 148 Å². The van der Waals surface area contributed by atoms with Gasteiger partial charge in [0, 0.05) is 24.5 Å². The van der Waals surface area contributed by atoms with Gasteiger partial charge in [-0.15, -0.1) is 0 Å². The summed E-state index contributed by atoms with van der Waals surface area (Å²) >= 11 is 0. The molecule has 136 valence electrons. The molecule has 0 radical (unpaired) electrons. The molecule has 0 unspecified atom stereocenters. The number of nitrogens with one attached hydrogen (secondary N) is 1. The summed E-state index contributed by atoms with van der Waals surface area (Å²) in [5.74, 6) is 0.612. The van der Waals surface area contributed by atoms with Crippen molar-refractivity contribution in [3.63, 3.8) is 0 Å². The third kappa shape index (κ3) is 4.38. The second-order valence-electron chi connectivity index (χ2n) is 5.77. The van der Waals surface area contributed by atoms with E-state index in [0.717, 1.165) is 11.8 Å². The van der Waals surface area contributed by atoms with Gasteiger partial charge in [0.1, 0.15) is 18.3 Å². The third-order valence-corrected chi connectivity index (χ3v) is 4.48. The fraction of sp³-hybridized carbons (Fsp3) is 0.500. The lowest BCUT2D eigenvalue weighted by Crippen LogP contribution is -2.39. The molecule has 0 amide bonds. The van der Waals surface area contributed by atoms with E-state index >= 15 is 0 Å². The Balaban J connectivity index is 1.64. The van der Waals surface area contributed by atoms with Crippen molar-refractivity contribution in [1.82, 2.24) is 19.8 Å². The number of sulfonamides is 1. The molecule has 3 rings (SSSR count). The Bertz CT molecular complexity index is 812. The summed E-state index contributed by atoms with van der Waals surface area (Å²) in [5.41, 5.74) is 0.730. The van der Waals surface area contributed by atoms with E-state index in [2.05, 4.69) is 19.8 Å². The van der Waals surface area contributed by atoms with Gasteiger partial charge in [-0.3, -0.25) is 4.98 Å². The fourth-order valence-corrected chi connectivity index (χ4v) is 2.99. The highest BCUT2D eigenvalue weighted by Crippen LogP contribution is 2.24. The highest BCUT2D eigenvalue weighted by atomic mass is 32.2. The maximum Gasteiger partial charge on any atom is 0.229 e. The highest BCUT2D eigenvalue weighted by Gasteiger charge is 2.43. The minimum Gasteiger partial charge on any atom is -0.388 e. The quantitative estimate of drug-likeness (QED) is 0.565. The Morgan fingerprint density at radius 3 is 2.56 bits per heavy atom.